The minimum atomic E-state index is 0.629. The molecule has 0 aliphatic carbocycles. The summed E-state index contributed by atoms with van der Waals surface area (Å²) in [6.45, 7) is 0. The second-order valence-corrected chi connectivity index (χ2v) is 8.93. The molecule has 0 unspecified atom stereocenters. The Morgan fingerprint density at radius 2 is 0.833 bits per heavy atom. The van der Waals surface area contributed by atoms with Crippen molar-refractivity contribution in [2.75, 3.05) is 0 Å². The molecule has 0 saturated carbocycles. The van der Waals surface area contributed by atoms with Crippen molar-refractivity contribution in [3.05, 3.63) is 80.8 Å². The second kappa shape index (κ2) is 8.27. The SMILES string of the molecule is Clc1cc(Cl)cc(Sc2cccc(Sc3cc(Cl)cc(Cl)c3)c2)c1. The number of hydrogen-bond acceptors (Lipinski definition) is 2. The third-order valence-electron chi connectivity index (χ3n) is 2.95. The van der Waals surface area contributed by atoms with E-state index in [0.29, 0.717) is 20.1 Å². The zero-order valence-electron chi connectivity index (χ0n) is 12.1. The Labute approximate surface area is 169 Å². The van der Waals surface area contributed by atoms with Crippen LogP contribution >= 0.6 is 69.9 Å². The molecular weight excluding hydrogens is 422 g/mol. The lowest BCUT2D eigenvalue weighted by Crippen LogP contribution is -1.78. The van der Waals surface area contributed by atoms with E-state index >= 15 is 0 Å². The van der Waals surface area contributed by atoms with Gasteiger partial charge < -0.3 is 0 Å². The average molecular weight is 432 g/mol. The molecule has 0 nitrogen and oxygen atoms in total. The van der Waals surface area contributed by atoms with Crippen LogP contribution in [0, 0.1) is 0 Å². The van der Waals surface area contributed by atoms with Gasteiger partial charge >= 0.3 is 0 Å². The molecule has 0 saturated heterocycles. The molecule has 122 valence electrons. The Kier molecular flexibility index (Phi) is 6.31. The van der Waals surface area contributed by atoms with Crippen molar-refractivity contribution in [1.29, 1.82) is 0 Å². The van der Waals surface area contributed by atoms with Crippen LogP contribution in [0.15, 0.2) is 80.2 Å². The van der Waals surface area contributed by atoms with E-state index in [9.17, 15) is 0 Å². The van der Waals surface area contributed by atoms with Gasteiger partial charge in [-0.25, -0.2) is 0 Å². The number of halogens is 4. The Hall–Kier alpha value is -0.480. The first-order valence-electron chi connectivity index (χ1n) is 6.86. The van der Waals surface area contributed by atoms with E-state index in [1.54, 1.807) is 35.7 Å². The molecule has 3 aromatic carbocycles. The van der Waals surface area contributed by atoms with Crippen molar-refractivity contribution in [2.24, 2.45) is 0 Å². The number of hydrogen-bond donors (Lipinski definition) is 0. The summed E-state index contributed by atoms with van der Waals surface area (Å²) < 4.78 is 0. The molecule has 0 spiro atoms. The van der Waals surface area contributed by atoms with Crippen LogP contribution < -0.4 is 0 Å². The van der Waals surface area contributed by atoms with Crippen molar-refractivity contribution in [1.82, 2.24) is 0 Å². The molecule has 0 aromatic heterocycles. The van der Waals surface area contributed by atoms with Crippen LogP contribution in [0.1, 0.15) is 0 Å². The molecule has 0 aliphatic heterocycles. The summed E-state index contributed by atoms with van der Waals surface area (Å²) in [5.74, 6) is 0. The van der Waals surface area contributed by atoms with Gasteiger partial charge in [0.15, 0.2) is 0 Å². The number of benzene rings is 3. The normalized spacial score (nSPS) is 10.8. The van der Waals surface area contributed by atoms with Gasteiger partial charge in [-0.2, -0.15) is 0 Å². The Bertz CT molecular complexity index is 771. The summed E-state index contributed by atoms with van der Waals surface area (Å²) in [4.78, 5) is 4.21. The highest BCUT2D eigenvalue weighted by Gasteiger charge is 2.05. The third kappa shape index (κ3) is 5.26. The molecular formula is C18H10Cl4S2. The molecule has 0 N–H and O–H groups in total. The maximum absolute atomic E-state index is 6.06. The minimum absolute atomic E-state index is 0.629. The molecule has 6 heteroatoms. The average Bonchev–Trinajstić information content (AvgIpc) is 2.45. The third-order valence-corrected chi connectivity index (χ3v) is 5.74. The van der Waals surface area contributed by atoms with E-state index in [2.05, 4.69) is 18.2 Å². The molecule has 0 amide bonds. The van der Waals surface area contributed by atoms with E-state index < -0.39 is 0 Å². The van der Waals surface area contributed by atoms with Crippen LogP contribution in [-0.2, 0) is 0 Å². The first-order valence-corrected chi connectivity index (χ1v) is 10.0. The fraction of sp³-hybridized carbons (Fsp3) is 0. The molecule has 24 heavy (non-hydrogen) atoms. The summed E-state index contributed by atoms with van der Waals surface area (Å²) in [5, 5.41) is 2.52. The standard InChI is InChI=1S/C18H10Cl4S2/c19-11-4-12(20)7-17(6-11)23-15-2-1-3-16(10-15)24-18-8-13(21)5-14(22)9-18/h1-10H. The number of rotatable bonds is 4. The first kappa shape index (κ1) is 18.3. The van der Waals surface area contributed by atoms with E-state index in [4.69, 9.17) is 46.4 Å². The summed E-state index contributed by atoms with van der Waals surface area (Å²) in [7, 11) is 0. The molecule has 3 aromatic rings. The molecule has 3 rings (SSSR count). The van der Waals surface area contributed by atoms with Crippen LogP contribution in [0.3, 0.4) is 0 Å². The highest BCUT2D eigenvalue weighted by Crippen LogP contribution is 2.36. The van der Waals surface area contributed by atoms with Gasteiger partial charge in [0.2, 0.25) is 0 Å². The van der Waals surface area contributed by atoms with Crippen molar-refractivity contribution in [3.8, 4) is 0 Å². The zero-order valence-corrected chi connectivity index (χ0v) is 16.8. The predicted molar refractivity (Wildman–Crippen MR) is 108 cm³/mol. The highest BCUT2D eigenvalue weighted by atomic mass is 35.5. The van der Waals surface area contributed by atoms with E-state index in [-0.39, 0.29) is 0 Å². The fourth-order valence-electron chi connectivity index (χ4n) is 2.05. The molecule has 0 atom stereocenters. The summed E-state index contributed by atoms with van der Waals surface area (Å²) in [6, 6.07) is 19.3. The molecule has 0 radical (unpaired) electrons. The first-order chi connectivity index (χ1) is 11.5. The predicted octanol–water partition coefficient (Wildman–Crippen LogP) is 8.60. The quantitative estimate of drug-likeness (QED) is 0.405. The van der Waals surface area contributed by atoms with Crippen LogP contribution in [0.2, 0.25) is 20.1 Å². The molecule has 0 bridgehead atoms. The maximum atomic E-state index is 6.06. The Balaban J connectivity index is 1.81. The molecule has 0 heterocycles. The van der Waals surface area contributed by atoms with Crippen molar-refractivity contribution >= 4 is 69.9 Å². The van der Waals surface area contributed by atoms with Gasteiger partial charge in [0.05, 0.1) is 0 Å². The van der Waals surface area contributed by atoms with Crippen LogP contribution in [0.4, 0.5) is 0 Å². The molecule has 0 fully saturated rings. The summed E-state index contributed by atoms with van der Waals surface area (Å²) in [6.07, 6.45) is 0. The fourth-order valence-corrected chi connectivity index (χ4v) is 5.39. The topological polar surface area (TPSA) is 0 Å². The van der Waals surface area contributed by atoms with Crippen molar-refractivity contribution in [3.63, 3.8) is 0 Å². The van der Waals surface area contributed by atoms with Crippen molar-refractivity contribution in [2.45, 2.75) is 19.6 Å². The van der Waals surface area contributed by atoms with Gasteiger partial charge in [0, 0.05) is 39.7 Å². The van der Waals surface area contributed by atoms with Gasteiger partial charge in [-0.1, -0.05) is 76.0 Å². The van der Waals surface area contributed by atoms with Crippen LogP contribution in [0.25, 0.3) is 0 Å². The zero-order chi connectivity index (χ0) is 17.1. The van der Waals surface area contributed by atoms with E-state index in [1.165, 1.54) is 0 Å². The summed E-state index contributed by atoms with van der Waals surface area (Å²) >= 11 is 27.5. The van der Waals surface area contributed by atoms with Gasteiger partial charge in [-0.3, -0.25) is 0 Å². The highest BCUT2D eigenvalue weighted by molar-refractivity contribution is 8.00. The largest absolute Gasteiger partial charge is 0.0900 e. The lowest BCUT2D eigenvalue weighted by Gasteiger charge is -2.07. The van der Waals surface area contributed by atoms with E-state index in [1.807, 2.05) is 30.3 Å². The van der Waals surface area contributed by atoms with E-state index in [0.717, 1.165) is 19.6 Å². The van der Waals surface area contributed by atoms with Gasteiger partial charge in [0.1, 0.15) is 0 Å². The maximum Gasteiger partial charge on any atom is 0.0432 e. The smallest absolute Gasteiger partial charge is 0.0432 e. The van der Waals surface area contributed by atoms with Crippen molar-refractivity contribution < 1.29 is 0 Å². The molecule has 0 aliphatic rings. The van der Waals surface area contributed by atoms with Gasteiger partial charge in [-0.15, -0.1) is 0 Å². The lowest BCUT2D eigenvalue weighted by molar-refractivity contribution is 1.31. The lowest BCUT2D eigenvalue weighted by atomic mass is 10.3. The Morgan fingerprint density at radius 1 is 0.458 bits per heavy atom. The summed E-state index contributed by atoms with van der Waals surface area (Å²) in [5.41, 5.74) is 0. The van der Waals surface area contributed by atoms with Gasteiger partial charge in [-0.05, 0) is 54.6 Å². The minimum Gasteiger partial charge on any atom is -0.0900 e. The van der Waals surface area contributed by atoms with Crippen LogP contribution in [0.5, 0.6) is 0 Å². The Morgan fingerprint density at radius 3 is 1.21 bits per heavy atom. The van der Waals surface area contributed by atoms with Crippen LogP contribution in [-0.4, -0.2) is 0 Å². The second-order valence-electron chi connectivity index (χ2n) is 4.89. The monoisotopic (exact) mass is 430 g/mol. The van der Waals surface area contributed by atoms with Gasteiger partial charge in [0.25, 0.3) is 0 Å².